The van der Waals surface area contributed by atoms with Gasteiger partial charge in [0.1, 0.15) is 0 Å². The smallest absolute Gasteiger partial charge is 0.0839 e. The molecule has 0 fully saturated rings. The van der Waals surface area contributed by atoms with E-state index < -0.39 is 0 Å². The van der Waals surface area contributed by atoms with Crippen molar-refractivity contribution in [2.24, 2.45) is 0 Å². The minimum Gasteiger partial charge on any atom is -0.309 e. The summed E-state index contributed by atoms with van der Waals surface area (Å²) < 4.78 is 0. The maximum Gasteiger partial charge on any atom is 0.0839 e. The van der Waals surface area contributed by atoms with Crippen LogP contribution >= 0.6 is 0 Å². The molecule has 0 amide bonds. The van der Waals surface area contributed by atoms with Gasteiger partial charge in [-0.2, -0.15) is 5.26 Å². The van der Waals surface area contributed by atoms with Crippen molar-refractivity contribution in [3.05, 3.63) is 35.9 Å². The van der Waals surface area contributed by atoms with Crippen molar-refractivity contribution in [3.63, 3.8) is 0 Å². The Labute approximate surface area is 117 Å². The molecule has 0 aliphatic rings. The first-order valence-electron chi connectivity index (χ1n) is 6.99. The van der Waals surface area contributed by atoms with Gasteiger partial charge >= 0.3 is 0 Å². The van der Waals surface area contributed by atoms with Crippen molar-refractivity contribution in [1.82, 2.24) is 9.80 Å². The molecule has 0 bridgehead atoms. The largest absolute Gasteiger partial charge is 0.309 e. The number of likely N-dealkylation sites (N-methyl/N-ethyl adjacent to an activating group) is 1. The molecule has 0 radical (unpaired) electrons. The van der Waals surface area contributed by atoms with Gasteiger partial charge in [-0.15, -0.1) is 0 Å². The fraction of sp³-hybridized carbons (Fsp3) is 0.562. The second kappa shape index (κ2) is 8.68. The summed E-state index contributed by atoms with van der Waals surface area (Å²) in [4.78, 5) is 4.57. The van der Waals surface area contributed by atoms with E-state index in [1.54, 1.807) is 0 Å². The molecule has 3 nitrogen and oxygen atoms in total. The molecule has 1 atom stereocenters. The molecule has 1 unspecified atom stereocenters. The predicted molar refractivity (Wildman–Crippen MR) is 80.1 cm³/mol. The van der Waals surface area contributed by atoms with Crippen LogP contribution in [0.25, 0.3) is 0 Å². The highest BCUT2D eigenvalue weighted by Gasteiger charge is 2.14. The van der Waals surface area contributed by atoms with Gasteiger partial charge in [0.05, 0.1) is 12.0 Å². The maximum absolute atomic E-state index is 9.35. The summed E-state index contributed by atoms with van der Waals surface area (Å²) in [6, 6.07) is 12.5. The number of rotatable bonds is 8. The van der Waals surface area contributed by atoms with E-state index in [-0.39, 0.29) is 5.92 Å². The Balaban J connectivity index is 2.51. The molecule has 0 spiro atoms. The number of nitrogens with zero attached hydrogens (tertiary/aromatic N) is 3. The molecule has 0 aliphatic heterocycles. The van der Waals surface area contributed by atoms with E-state index in [2.05, 4.69) is 36.9 Å². The van der Waals surface area contributed by atoms with Crippen LogP contribution < -0.4 is 0 Å². The minimum atomic E-state index is -0.0273. The highest BCUT2D eigenvalue weighted by atomic mass is 15.1. The monoisotopic (exact) mass is 259 g/mol. The molecule has 1 rings (SSSR count). The molecule has 3 heteroatoms. The van der Waals surface area contributed by atoms with Crippen molar-refractivity contribution in [2.45, 2.75) is 19.3 Å². The van der Waals surface area contributed by atoms with Crippen molar-refractivity contribution in [1.29, 1.82) is 5.26 Å². The lowest BCUT2D eigenvalue weighted by Crippen LogP contribution is -2.31. The van der Waals surface area contributed by atoms with E-state index in [1.807, 2.05) is 30.3 Å². The van der Waals surface area contributed by atoms with Crippen LogP contribution in [-0.2, 0) is 0 Å². The van der Waals surface area contributed by atoms with E-state index in [0.29, 0.717) is 0 Å². The van der Waals surface area contributed by atoms with E-state index in [4.69, 9.17) is 0 Å². The Kier molecular flexibility index (Phi) is 7.17. The maximum atomic E-state index is 9.35. The first kappa shape index (κ1) is 15.7. The number of nitriles is 1. The lowest BCUT2D eigenvalue weighted by Gasteiger charge is -2.24. The Bertz CT molecular complexity index is 381. The lowest BCUT2D eigenvalue weighted by atomic mass is 10.00. The number of hydrogen-bond acceptors (Lipinski definition) is 3. The van der Waals surface area contributed by atoms with Crippen LogP contribution in [0.5, 0.6) is 0 Å². The Morgan fingerprint density at radius 2 is 1.84 bits per heavy atom. The molecule has 0 N–H and O–H groups in total. The summed E-state index contributed by atoms with van der Waals surface area (Å²) in [5.41, 5.74) is 1.12. The average Bonchev–Trinajstić information content (AvgIpc) is 2.43. The van der Waals surface area contributed by atoms with Gasteiger partial charge in [0.2, 0.25) is 0 Å². The zero-order valence-electron chi connectivity index (χ0n) is 12.3. The van der Waals surface area contributed by atoms with Crippen molar-refractivity contribution in [2.75, 3.05) is 40.3 Å². The van der Waals surface area contributed by atoms with Gasteiger partial charge in [-0.25, -0.2) is 0 Å². The summed E-state index contributed by atoms with van der Waals surface area (Å²) in [6.45, 7) is 6.14. The summed E-state index contributed by atoms with van der Waals surface area (Å²) in [6.07, 6.45) is 1.15. The van der Waals surface area contributed by atoms with Gasteiger partial charge < -0.3 is 9.80 Å². The molecule has 0 saturated heterocycles. The molecular formula is C16H25N3. The van der Waals surface area contributed by atoms with E-state index in [9.17, 15) is 5.26 Å². The molecule has 0 aliphatic carbocycles. The van der Waals surface area contributed by atoms with Crippen LogP contribution in [0.15, 0.2) is 30.3 Å². The molecule has 0 aromatic heterocycles. The van der Waals surface area contributed by atoms with Gasteiger partial charge in [-0.3, -0.25) is 0 Å². The Morgan fingerprint density at radius 3 is 2.37 bits per heavy atom. The Hall–Kier alpha value is -1.37. The highest BCUT2D eigenvalue weighted by molar-refractivity contribution is 5.25. The fourth-order valence-corrected chi connectivity index (χ4v) is 2.15. The van der Waals surface area contributed by atoms with E-state index in [1.165, 1.54) is 0 Å². The molecule has 1 aromatic rings. The SMILES string of the molecule is CCN(CCCN(C)C)CC(C#N)c1ccccc1. The third kappa shape index (κ3) is 5.87. The zero-order valence-corrected chi connectivity index (χ0v) is 12.3. The quantitative estimate of drug-likeness (QED) is 0.719. The van der Waals surface area contributed by atoms with Gasteiger partial charge in [-0.1, -0.05) is 37.3 Å². The van der Waals surface area contributed by atoms with Crippen LogP contribution in [0, 0.1) is 11.3 Å². The van der Waals surface area contributed by atoms with E-state index >= 15 is 0 Å². The highest BCUT2D eigenvalue weighted by Crippen LogP contribution is 2.16. The molecule has 1 aromatic carbocycles. The van der Waals surface area contributed by atoms with Crippen LogP contribution in [0.2, 0.25) is 0 Å². The summed E-state index contributed by atoms with van der Waals surface area (Å²) >= 11 is 0. The fourth-order valence-electron chi connectivity index (χ4n) is 2.15. The van der Waals surface area contributed by atoms with Gasteiger partial charge in [-0.05, 0) is 45.7 Å². The first-order valence-corrected chi connectivity index (χ1v) is 6.99. The Morgan fingerprint density at radius 1 is 1.16 bits per heavy atom. The third-order valence-electron chi connectivity index (χ3n) is 3.33. The normalized spacial score (nSPS) is 12.6. The predicted octanol–water partition coefficient (Wildman–Crippen LogP) is 2.57. The topological polar surface area (TPSA) is 30.3 Å². The van der Waals surface area contributed by atoms with Crippen molar-refractivity contribution < 1.29 is 0 Å². The van der Waals surface area contributed by atoms with Crippen LogP contribution in [-0.4, -0.2) is 50.1 Å². The summed E-state index contributed by atoms with van der Waals surface area (Å²) in [7, 11) is 4.19. The van der Waals surface area contributed by atoms with Crippen LogP contribution in [0.4, 0.5) is 0 Å². The molecule has 19 heavy (non-hydrogen) atoms. The van der Waals surface area contributed by atoms with E-state index in [0.717, 1.165) is 38.2 Å². The first-order chi connectivity index (χ1) is 9.17. The number of hydrogen-bond donors (Lipinski definition) is 0. The van der Waals surface area contributed by atoms with Crippen molar-refractivity contribution >= 4 is 0 Å². The second-order valence-corrected chi connectivity index (χ2v) is 5.14. The average molecular weight is 259 g/mol. The molecular weight excluding hydrogens is 234 g/mol. The molecule has 0 heterocycles. The van der Waals surface area contributed by atoms with Crippen LogP contribution in [0.3, 0.4) is 0 Å². The standard InChI is InChI=1S/C16H25N3/c1-4-19(12-8-11-18(2)3)14-16(13-17)15-9-6-5-7-10-15/h5-7,9-10,16H,4,8,11-12,14H2,1-3H3. The summed E-state index contributed by atoms with van der Waals surface area (Å²) in [5, 5.41) is 9.35. The molecule has 104 valence electrons. The second-order valence-electron chi connectivity index (χ2n) is 5.14. The van der Waals surface area contributed by atoms with Gasteiger partial charge in [0.25, 0.3) is 0 Å². The van der Waals surface area contributed by atoms with Gasteiger partial charge in [0, 0.05) is 6.54 Å². The zero-order chi connectivity index (χ0) is 14.1. The lowest BCUT2D eigenvalue weighted by molar-refractivity contribution is 0.262. The minimum absolute atomic E-state index is 0.0273. The molecule has 0 saturated carbocycles. The number of benzene rings is 1. The van der Waals surface area contributed by atoms with Crippen LogP contribution in [0.1, 0.15) is 24.8 Å². The van der Waals surface area contributed by atoms with Crippen molar-refractivity contribution in [3.8, 4) is 6.07 Å². The third-order valence-corrected chi connectivity index (χ3v) is 3.33. The van der Waals surface area contributed by atoms with Gasteiger partial charge in [0.15, 0.2) is 0 Å². The summed E-state index contributed by atoms with van der Waals surface area (Å²) in [5.74, 6) is -0.0273.